The number of aromatic nitrogens is 4. The van der Waals surface area contributed by atoms with Gasteiger partial charge in [-0.1, -0.05) is 18.2 Å². The minimum atomic E-state index is -0.254. The first-order chi connectivity index (χ1) is 13.4. The molecule has 1 N–H and O–H groups in total. The number of rotatable bonds is 5. The summed E-state index contributed by atoms with van der Waals surface area (Å²) in [6, 6.07) is 12.3. The molecule has 0 aliphatic rings. The van der Waals surface area contributed by atoms with Crippen LogP contribution in [0.4, 0.5) is 5.69 Å². The maximum absolute atomic E-state index is 12.6. The summed E-state index contributed by atoms with van der Waals surface area (Å²) in [7, 11) is 3.44. The molecule has 2 amide bonds. The van der Waals surface area contributed by atoms with Crippen LogP contribution in [-0.2, 0) is 7.05 Å². The lowest BCUT2D eigenvalue weighted by Crippen LogP contribution is -2.26. The molecule has 1 aromatic heterocycles. The van der Waals surface area contributed by atoms with E-state index in [4.69, 9.17) is 0 Å². The molecule has 3 aromatic rings. The predicted octanol–water partition coefficient (Wildman–Crippen LogP) is 2.53. The highest BCUT2D eigenvalue weighted by molar-refractivity contribution is 6.05. The van der Waals surface area contributed by atoms with Crippen molar-refractivity contribution in [3.63, 3.8) is 0 Å². The fourth-order valence-corrected chi connectivity index (χ4v) is 2.62. The smallest absolute Gasteiger partial charge is 0.255 e. The van der Waals surface area contributed by atoms with Crippen molar-refractivity contribution in [2.45, 2.75) is 13.8 Å². The van der Waals surface area contributed by atoms with Gasteiger partial charge in [-0.3, -0.25) is 9.59 Å². The van der Waals surface area contributed by atoms with Crippen LogP contribution >= 0.6 is 0 Å². The molecule has 144 valence electrons. The number of carbonyl (C=O) groups is 2. The van der Waals surface area contributed by atoms with E-state index in [0.29, 0.717) is 29.2 Å². The maximum atomic E-state index is 12.6. The summed E-state index contributed by atoms with van der Waals surface area (Å²) in [6.45, 7) is 4.41. The van der Waals surface area contributed by atoms with Crippen molar-refractivity contribution in [1.82, 2.24) is 25.1 Å². The van der Waals surface area contributed by atoms with Crippen molar-refractivity contribution in [2.75, 3.05) is 18.9 Å². The van der Waals surface area contributed by atoms with E-state index < -0.39 is 0 Å². The third kappa shape index (κ3) is 4.06. The second kappa shape index (κ2) is 7.99. The third-order valence-electron chi connectivity index (χ3n) is 4.47. The topological polar surface area (TPSA) is 93.0 Å². The van der Waals surface area contributed by atoms with E-state index in [-0.39, 0.29) is 11.8 Å². The van der Waals surface area contributed by atoms with Gasteiger partial charge < -0.3 is 10.2 Å². The standard InChI is InChI=1S/C20H22N6O2/c1-5-25(3)20(28)16-7-6-13(2)17(12-16)21-19(27)15-10-8-14(9-11-15)18-22-24-26(4)23-18/h6-12H,5H2,1-4H3,(H,21,27). The molecular formula is C20H22N6O2. The van der Waals surface area contributed by atoms with Crippen molar-refractivity contribution in [3.8, 4) is 11.4 Å². The molecule has 1 heterocycles. The normalized spacial score (nSPS) is 10.6. The van der Waals surface area contributed by atoms with Crippen LogP contribution in [-0.4, -0.2) is 50.5 Å². The lowest BCUT2D eigenvalue weighted by atomic mass is 10.1. The van der Waals surface area contributed by atoms with Crippen LogP contribution in [0.3, 0.4) is 0 Å². The zero-order valence-electron chi connectivity index (χ0n) is 16.3. The number of tetrazole rings is 1. The zero-order chi connectivity index (χ0) is 20.3. The molecule has 0 aliphatic carbocycles. The molecule has 3 rings (SSSR count). The summed E-state index contributed by atoms with van der Waals surface area (Å²) in [4.78, 5) is 28.0. The van der Waals surface area contributed by atoms with Gasteiger partial charge in [-0.15, -0.1) is 10.2 Å². The Morgan fingerprint density at radius 3 is 2.39 bits per heavy atom. The minimum Gasteiger partial charge on any atom is -0.342 e. The van der Waals surface area contributed by atoms with Crippen LogP contribution in [0.5, 0.6) is 0 Å². The van der Waals surface area contributed by atoms with Crippen LogP contribution < -0.4 is 5.32 Å². The molecule has 28 heavy (non-hydrogen) atoms. The van der Waals surface area contributed by atoms with Crippen LogP contribution in [0.1, 0.15) is 33.2 Å². The van der Waals surface area contributed by atoms with Gasteiger partial charge >= 0.3 is 0 Å². The van der Waals surface area contributed by atoms with Gasteiger partial charge in [-0.05, 0) is 48.9 Å². The van der Waals surface area contributed by atoms with Crippen molar-refractivity contribution >= 4 is 17.5 Å². The summed E-state index contributed by atoms with van der Waals surface area (Å²) in [5.41, 5.74) is 3.30. The lowest BCUT2D eigenvalue weighted by molar-refractivity contribution is 0.0802. The third-order valence-corrected chi connectivity index (χ3v) is 4.47. The van der Waals surface area contributed by atoms with E-state index >= 15 is 0 Å². The second-order valence-electron chi connectivity index (χ2n) is 6.48. The van der Waals surface area contributed by atoms with Crippen molar-refractivity contribution < 1.29 is 9.59 Å². The highest BCUT2D eigenvalue weighted by Crippen LogP contribution is 2.20. The first-order valence-corrected chi connectivity index (χ1v) is 8.91. The van der Waals surface area contributed by atoms with E-state index in [9.17, 15) is 9.59 Å². The van der Waals surface area contributed by atoms with Crippen molar-refractivity contribution in [2.24, 2.45) is 7.05 Å². The number of carbonyl (C=O) groups excluding carboxylic acids is 2. The Kier molecular flexibility index (Phi) is 5.49. The number of hydrogen-bond acceptors (Lipinski definition) is 5. The van der Waals surface area contributed by atoms with E-state index in [1.165, 1.54) is 4.80 Å². The zero-order valence-corrected chi connectivity index (χ0v) is 16.3. The number of nitrogens with one attached hydrogen (secondary N) is 1. The average Bonchev–Trinajstić information content (AvgIpc) is 3.14. The van der Waals surface area contributed by atoms with Gasteiger partial charge in [-0.2, -0.15) is 4.80 Å². The molecule has 0 unspecified atom stereocenters. The SMILES string of the molecule is CCN(C)C(=O)c1ccc(C)c(NC(=O)c2ccc(-c3nnn(C)n3)cc2)c1. The first-order valence-electron chi connectivity index (χ1n) is 8.91. The van der Waals surface area contributed by atoms with Gasteiger partial charge in [0.25, 0.3) is 11.8 Å². The molecular weight excluding hydrogens is 356 g/mol. The first kappa shape index (κ1) is 19.2. The monoisotopic (exact) mass is 378 g/mol. The Labute approximate surface area is 163 Å². The summed E-state index contributed by atoms with van der Waals surface area (Å²) in [5, 5.41) is 14.8. The molecule has 0 radical (unpaired) electrons. The highest BCUT2D eigenvalue weighted by atomic mass is 16.2. The number of aryl methyl sites for hydroxylation is 2. The van der Waals surface area contributed by atoms with Gasteiger partial charge in [0.05, 0.1) is 7.05 Å². The Bertz CT molecular complexity index is 1010. The maximum Gasteiger partial charge on any atom is 0.255 e. The Hall–Kier alpha value is -3.55. The summed E-state index contributed by atoms with van der Waals surface area (Å²) >= 11 is 0. The number of nitrogens with zero attached hydrogens (tertiary/aromatic N) is 5. The van der Waals surface area contributed by atoms with E-state index in [1.54, 1.807) is 55.4 Å². The second-order valence-corrected chi connectivity index (χ2v) is 6.48. The van der Waals surface area contributed by atoms with Crippen molar-refractivity contribution in [1.29, 1.82) is 0 Å². The molecule has 8 nitrogen and oxygen atoms in total. The van der Waals surface area contributed by atoms with E-state index in [2.05, 4.69) is 20.7 Å². The molecule has 0 atom stereocenters. The molecule has 0 fully saturated rings. The Balaban J connectivity index is 1.78. The summed E-state index contributed by atoms with van der Waals surface area (Å²) < 4.78 is 0. The van der Waals surface area contributed by atoms with Gasteiger partial charge in [0.1, 0.15) is 0 Å². The molecule has 0 bridgehead atoms. The number of anilines is 1. The fourth-order valence-electron chi connectivity index (χ4n) is 2.62. The van der Waals surface area contributed by atoms with Gasteiger partial charge in [-0.25, -0.2) is 0 Å². The van der Waals surface area contributed by atoms with Crippen LogP contribution in [0.2, 0.25) is 0 Å². The van der Waals surface area contributed by atoms with Gasteiger partial charge in [0, 0.05) is 36.0 Å². The molecule has 0 saturated heterocycles. The number of amides is 2. The molecule has 0 aliphatic heterocycles. The van der Waals surface area contributed by atoms with Gasteiger partial charge in [0.15, 0.2) is 0 Å². The average molecular weight is 378 g/mol. The Morgan fingerprint density at radius 2 is 1.79 bits per heavy atom. The lowest BCUT2D eigenvalue weighted by Gasteiger charge is -2.16. The summed E-state index contributed by atoms with van der Waals surface area (Å²) in [6.07, 6.45) is 0. The minimum absolute atomic E-state index is 0.0844. The Morgan fingerprint density at radius 1 is 1.11 bits per heavy atom. The highest BCUT2D eigenvalue weighted by Gasteiger charge is 2.14. The summed E-state index contributed by atoms with van der Waals surface area (Å²) in [5.74, 6) is 0.158. The fraction of sp³-hybridized carbons (Fsp3) is 0.250. The quantitative estimate of drug-likeness (QED) is 0.736. The molecule has 0 spiro atoms. The van der Waals surface area contributed by atoms with Crippen LogP contribution in [0.25, 0.3) is 11.4 Å². The predicted molar refractivity (Wildman–Crippen MR) is 106 cm³/mol. The van der Waals surface area contributed by atoms with Crippen molar-refractivity contribution in [3.05, 3.63) is 59.2 Å². The van der Waals surface area contributed by atoms with E-state index in [0.717, 1.165) is 11.1 Å². The van der Waals surface area contributed by atoms with Gasteiger partial charge in [0.2, 0.25) is 5.82 Å². The largest absolute Gasteiger partial charge is 0.342 e. The molecule has 2 aromatic carbocycles. The van der Waals surface area contributed by atoms with Crippen LogP contribution in [0, 0.1) is 6.92 Å². The van der Waals surface area contributed by atoms with E-state index in [1.807, 2.05) is 19.9 Å². The number of hydrogen-bond donors (Lipinski definition) is 1. The molecule has 8 heteroatoms. The molecule has 0 saturated carbocycles. The number of benzene rings is 2. The van der Waals surface area contributed by atoms with Crippen LogP contribution in [0.15, 0.2) is 42.5 Å².